The number of amides is 1. The van der Waals surface area contributed by atoms with E-state index in [1.807, 2.05) is 79.7 Å². The molecule has 0 atom stereocenters. The van der Waals surface area contributed by atoms with E-state index in [-0.39, 0.29) is 12.3 Å². The van der Waals surface area contributed by atoms with Crippen molar-refractivity contribution in [1.29, 1.82) is 0 Å². The highest BCUT2D eigenvalue weighted by Crippen LogP contribution is 2.38. The van der Waals surface area contributed by atoms with Crippen LogP contribution < -0.4 is 14.8 Å². The summed E-state index contributed by atoms with van der Waals surface area (Å²) in [5, 5.41) is 3.75. The first kappa shape index (κ1) is 21.6. The number of carbonyl (C=O) groups excluding carboxylic acids is 1. The van der Waals surface area contributed by atoms with Crippen molar-refractivity contribution in [3.63, 3.8) is 0 Å². The number of anilines is 1. The van der Waals surface area contributed by atoms with Crippen molar-refractivity contribution in [2.75, 3.05) is 19.5 Å². The summed E-state index contributed by atoms with van der Waals surface area (Å²) < 4.78 is 10.6. The quantitative estimate of drug-likeness (QED) is 0.381. The van der Waals surface area contributed by atoms with Gasteiger partial charge in [0.15, 0.2) is 0 Å². The van der Waals surface area contributed by atoms with E-state index in [1.165, 1.54) is 11.3 Å². The zero-order chi connectivity index (χ0) is 22.5. The van der Waals surface area contributed by atoms with Gasteiger partial charge in [0.05, 0.1) is 31.2 Å². The molecule has 1 amide bonds. The van der Waals surface area contributed by atoms with Gasteiger partial charge in [-0.2, -0.15) is 0 Å². The molecule has 162 valence electrons. The van der Waals surface area contributed by atoms with Crippen LogP contribution in [0.5, 0.6) is 11.5 Å². The average Bonchev–Trinajstić information content (AvgIpc) is 3.24. The molecule has 4 aromatic rings. The third kappa shape index (κ3) is 4.81. The van der Waals surface area contributed by atoms with Crippen LogP contribution in [0.25, 0.3) is 21.7 Å². The molecule has 1 heterocycles. The van der Waals surface area contributed by atoms with E-state index in [2.05, 4.69) is 5.32 Å². The van der Waals surface area contributed by atoms with Crippen LogP contribution in [0.15, 0.2) is 72.8 Å². The second-order valence-corrected chi connectivity index (χ2v) is 8.37. The maximum absolute atomic E-state index is 12.7. The third-order valence-electron chi connectivity index (χ3n) is 5.12. The van der Waals surface area contributed by atoms with Gasteiger partial charge in [-0.25, -0.2) is 4.98 Å². The van der Waals surface area contributed by atoms with E-state index >= 15 is 0 Å². The highest BCUT2D eigenvalue weighted by atomic mass is 32.1. The smallest absolute Gasteiger partial charge is 0.231 e. The lowest BCUT2D eigenvalue weighted by Gasteiger charge is -2.06. The molecule has 0 aliphatic heterocycles. The van der Waals surface area contributed by atoms with Gasteiger partial charge in [0.1, 0.15) is 16.5 Å². The van der Waals surface area contributed by atoms with E-state index in [1.54, 1.807) is 14.2 Å². The fraction of sp³-hybridized carbons (Fsp3) is 0.154. The summed E-state index contributed by atoms with van der Waals surface area (Å²) in [5.41, 5.74) is 4.69. The first-order chi connectivity index (χ1) is 15.6. The van der Waals surface area contributed by atoms with Crippen molar-refractivity contribution in [1.82, 2.24) is 4.98 Å². The second-order valence-electron chi connectivity index (χ2n) is 7.28. The third-order valence-corrected chi connectivity index (χ3v) is 6.22. The van der Waals surface area contributed by atoms with Crippen molar-refractivity contribution in [2.45, 2.75) is 13.3 Å². The number of benzene rings is 3. The van der Waals surface area contributed by atoms with Crippen LogP contribution in [0, 0.1) is 6.92 Å². The molecule has 3 aromatic carbocycles. The summed E-state index contributed by atoms with van der Waals surface area (Å²) in [6.45, 7) is 1.97. The fourth-order valence-corrected chi connectivity index (χ4v) is 4.46. The number of aryl methyl sites for hydroxylation is 1. The van der Waals surface area contributed by atoms with Gasteiger partial charge < -0.3 is 14.8 Å². The number of hydrogen-bond donors (Lipinski definition) is 1. The van der Waals surface area contributed by atoms with Gasteiger partial charge in [-0.05, 0) is 72.6 Å². The van der Waals surface area contributed by atoms with Crippen LogP contribution in [-0.2, 0) is 11.2 Å². The van der Waals surface area contributed by atoms with Gasteiger partial charge >= 0.3 is 0 Å². The minimum absolute atomic E-state index is 0.0874. The molecule has 0 spiro atoms. The number of rotatable bonds is 7. The van der Waals surface area contributed by atoms with Crippen LogP contribution in [0.4, 0.5) is 5.69 Å². The molecule has 0 saturated carbocycles. The highest BCUT2D eigenvalue weighted by molar-refractivity contribution is 7.15. The summed E-state index contributed by atoms with van der Waals surface area (Å²) in [4.78, 5) is 18.6. The SMILES string of the molecule is COc1ccc(-c2nc(CC(=O)Nc3ccccc3C)sc2-c2ccc(OC)cc2)cc1. The number of hydrogen-bond acceptors (Lipinski definition) is 5. The van der Waals surface area contributed by atoms with Crippen LogP contribution in [0.1, 0.15) is 10.6 Å². The number of ether oxygens (including phenoxy) is 2. The number of carbonyl (C=O) groups is 1. The van der Waals surface area contributed by atoms with E-state index in [0.717, 1.165) is 49.5 Å². The molecule has 0 aliphatic carbocycles. The summed E-state index contributed by atoms with van der Waals surface area (Å²) in [6.07, 6.45) is 0.207. The van der Waals surface area contributed by atoms with Crippen molar-refractivity contribution in [2.24, 2.45) is 0 Å². The molecular formula is C26H24N2O3S. The standard InChI is InChI=1S/C26H24N2O3S/c1-17-6-4-5-7-22(17)27-23(29)16-24-28-25(18-8-12-20(30-2)13-9-18)26(32-24)19-10-14-21(31-3)15-11-19/h4-15H,16H2,1-3H3,(H,27,29). The average molecular weight is 445 g/mol. The molecule has 1 N–H and O–H groups in total. The summed E-state index contributed by atoms with van der Waals surface area (Å²) in [5.74, 6) is 1.49. The van der Waals surface area contributed by atoms with E-state index < -0.39 is 0 Å². The lowest BCUT2D eigenvalue weighted by atomic mass is 10.1. The van der Waals surface area contributed by atoms with Crippen LogP contribution >= 0.6 is 11.3 Å². The van der Waals surface area contributed by atoms with Crippen molar-refractivity contribution in [3.8, 4) is 33.2 Å². The van der Waals surface area contributed by atoms with Crippen molar-refractivity contribution in [3.05, 3.63) is 83.4 Å². The van der Waals surface area contributed by atoms with Crippen molar-refractivity contribution >= 4 is 22.9 Å². The molecule has 0 saturated heterocycles. The Hall–Kier alpha value is -3.64. The summed E-state index contributed by atoms with van der Waals surface area (Å²) in [6, 6.07) is 23.4. The van der Waals surface area contributed by atoms with Crippen molar-refractivity contribution < 1.29 is 14.3 Å². The molecule has 1 aromatic heterocycles. The Morgan fingerprint density at radius 2 is 1.47 bits per heavy atom. The van der Waals surface area contributed by atoms with E-state index in [0.29, 0.717) is 0 Å². The van der Waals surface area contributed by atoms with Crippen LogP contribution in [0.2, 0.25) is 0 Å². The minimum atomic E-state index is -0.0874. The molecular weight excluding hydrogens is 420 g/mol. The monoisotopic (exact) mass is 444 g/mol. The minimum Gasteiger partial charge on any atom is -0.497 e. The fourth-order valence-electron chi connectivity index (χ4n) is 3.37. The molecule has 0 fully saturated rings. The van der Waals surface area contributed by atoms with E-state index in [9.17, 15) is 4.79 Å². The summed E-state index contributed by atoms with van der Waals surface area (Å²) in [7, 11) is 3.29. The zero-order valence-electron chi connectivity index (χ0n) is 18.2. The maximum Gasteiger partial charge on any atom is 0.231 e. The largest absolute Gasteiger partial charge is 0.497 e. The lowest BCUT2D eigenvalue weighted by molar-refractivity contribution is -0.115. The molecule has 0 unspecified atom stereocenters. The first-order valence-electron chi connectivity index (χ1n) is 10.2. The number of nitrogens with zero attached hydrogens (tertiary/aromatic N) is 1. The van der Waals surface area contributed by atoms with Gasteiger partial charge in [0.2, 0.25) is 5.91 Å². The Labute approximate surface area is 191 Å². The van der Waals surface area contributed by atoms with Gasteiger partial charge in [-0.1, -0.05) is 18.2 Å². The van der Waals surface area contributed by atoms with Crippen LogP contribution in [0.3, 0.4) is 0 Å². The van der Waals surface area contributed by atoms with Gasteiger partial charge in [-0.3, -0.25) is 4.79 Å². The Balaban J connectivity index is 1.66. The number of aromatic nitrogens is 1. The number of methoxy groups -OCH3 is 2. The number of nitrogens with one attached hydrogen (secondary N) is 1. The molecule has 4 rings (SSSR count). The van der Waals surface area contributed by atoms with Gasteiger partial charge in [0, 0.05) is 11.3 Å². The maximum atomic E-state index is 12.7. The molecule has 5 nitrogen and oxygen atoms in total. The lowest BCUT2D eigenvalue weighted by Crippen LogP contribution is -2.14. The molecule has 32 heavy (non-hydrogen) atoms. The zero-order valence-corrected chi connectivity index (χ0v) is 19.0. The van der Waals surface area contributed by atoms with E-state index in [4.69, 9.17) is 14.5 Å². The normalized spacial score (nSPS) is 10.6. The number of thiazole rings is 1. The predicted molar refractivity (Wildman–Crippen MR) is 130 cm³/mol. The van der Waals surface area contributed by atoms with Gasteiger partial charge in [0.25, 0.3) is 0 Å². The Morgan fingerprint density at radius 1 is 0.875 bits per heavy atom. The molecule has 0 radical (unpaired) electrons. The topological polar surface area (TPSA) is 60.5 Å². The number of para-hydroxylation sites is 1. The Bertz CT molecular complexity index is 1150. The second kappa shape index (κ2) is 9.66. The van der Waals surface area contributed by atoms with Gasteiger partial charge in [-0.15, -0.1) is 11.3 Å². The highest BCUT2D eigenvalue weighted by Gasteiger charge is 2.17. The molecule has 6 heteroatoms. The molecule has 0 bridgehead atoms. The molecule has 0 aliphatic rings. The Kier molecular flexibility index (Phi) is 6.52. The van der Waals surface area contributed by atoms with Crippen LogP contribution in [-0.4, -0.2) is 25.1 Å². The first-order valence-corrected chi connectivity index (χ1v) is 11.0. The predicted octanol–water partition coefficient (Wildman–Crippen LogP) is 5.98. The summed E-state index contributed by atoms with van der Waals surface area (Å²) >= 11 is 1.53. The Morgan fingerprint density at radius 3 is 2.06 bits per heavy atom.